The summed E-state index contributed by atoms with van der Waals surface area (Å²) in [5, 5.41) is 14.7. The molecule has 1 aromatic rings. The van der Waals surface area contributed by atoms with Crippen LogP contribution in [-0.4, -0.2) is 53.7 Å². The van der Waals surface area contributed by atoms with Crippen LogP contribution in [0.5, 0.6) is 0 Å². The summed E-state index contributed by atoms with van der Waals surface area (Å²) < 4.78 is 5.30. The molecule has 0 saturated carbocycles. The van der Waals surface area contributed by atoms with Gasteiger partial charge in [-0.3, -0.25) is 10.1 Å². The van der Waals surface area contributed by atoms with Crippen LogP contribution in [0, 0.1) is 10.1 Å². The van der Waals surface area contributed by atoms with Crippen LogP contribution in [0.2, 0.25) is 0 Å². The third kappa shape index (κ3) is 5.30. The fourth-order valence-electron chi connectivity index (χ4n) is 3.44. The van der Waals surface area contributed by atoms with E-state index >= 15 is 0 Å². The van der Waals surface area contributed by atoms with Crippen molar-refractivity contribution in [3.8, 4) is 0 Å². The third-order valence-electron chi connectivity index (χ3n) is 5.22. The first kappa shape index (κ1) is 22.8. The van der Waals surface area contributed by atoms with Crippen LogP contribution in [0.4, 0.5) is 5.69 Å². The molecule has 0 saturated heterocycles. The Bertz CT molecular complexity index is 790. The zero-order chi connectivity index (χ0) is 21.6. The Morgan fingerprint density at radius 3 is 2.41 bits per heavy atom. The first-order chi connectivity index (χ1) is 13.8. The predicted octanol–water partition coefficient (Wildman–Crippen LogP) is 1.59. The van der Waals surface area contributed by atoms with Gasteiger partial charge in [-0.15, -0.1) is 0 Å². The van der Waals surface area contributed by atoms with Gasteiger partial charge in [0.15, 0.2) is 5.11 Å². The monoisotopic (exact) mass is 421 g/mol. The number of nitro benzene ring substituents is 1. The number of nitrogens with one attached hydrogen (secondary N) is 2. The second kappa shape index (κ2) is 10.3. The number of carbonyl (C=O) groups excluding carboxylic acids is 1. The second-order valence-corrected chi connectivity index (χ2v) is 7.20. The molecular weight excluding hydrogens is 392 g/mol. The number of rotatable bonds is 9. The van der Waals surface area contributed by atoms with Crippen LogP contribution in [0.1, 0.15) is 39.3 Å². The molecule has 1 heterocycles. The lowest BCUT2D eigenvalue weighted by atomic mass is 9.95. The highest BCUT2D eigenvalue weighted by molar-refractivity contribution is 7.80. The van der Waals surface area contributed by atoms with Crippen molar-refractivity contribution < 1.29 is 19.4 Å². The largest absolute Gasteiger partial charge is 0.463 e. The molecule has 0 bridgehead atoms. The molecule has 0 aromatic heterocycles. The highest BCUT2D eigenvalue weighted by atomic mass is 32.1. The smallest absolute Gasteiger partial charge is 0.338 e. The lowest BCUT2D eigenvalue weighted by Crippen LogP contribution is -3.12. The molecule has 0 aliphatic carbocycles. The van der Waals surface area contributed by atoms with Gasteiger partial charge in [0, 0.05) is 17.8 Å². The van der Waals surface area contributed by atoms with Crippen LogP contribution in [0.15, 0.2) is 35.5 Å². The Labute approximate surface area is 176 Å². The van der Waals surface area contributed by atoms with E-state index in [1.807, 2.05) is 11.8 Å². The van der Waals surface area contributed by atoms with Gasteiger partial charge >= 0.3 is 5.97 Å². The molecule has 1 atom stereocenters. The standard InChI is InChI=1S/C20H28N4O4S/c1-5-22(6-2)12-13-23-14(4)17(19(25)28-7-3)18(21-20(23)29)15-8-10-16(11-9-15)24(26)27/h8-11,18H,5-7,12-13H2,1-4H3,(H,21,29)/p+1/t18-/m1/s1. The van der Waals surface area contributed by atoms with Crippen molar-refractivity contribution in [1.29, 1.82) is 0 Å². The van der Waals surface area contributed by atoms with E-state index in [1.54, 1.807) is 19.1 Å². The van der Waals surface area contributed by atoms with E-state index < -0.39 is 16.9 Å². The summed E-state index contributed by atoms with van der Waals surface area (Å²) in [7, 11) is 0. The van der Waals surface area contributed by atoms with E-state index in [2.05, 4.69) is 19.2 Å². The van der Waals surface area contributed by atoms with Gasteiger partial charge in [0.1, 0.15) is 0 Å². The van der Waals surface area contributed by atoms with E-state index in [4.69, 9.17) is 17.0 Å². The molecule has 0 radical (unpaired) electrons. The lowest BCUT2D eigenvalue weighted by molar-refractivity contribution is -0.895. The Hall–Kier alpha value is -2.52. The molecular formula is C20H29N4O4S+. The number of nitro groups is 1. The molecule has 8 nitrogen and oxygen atoms in total. The van der Waals surface area contributed by atoms with Crippen molar-refractivity contribution in [3.63, 3.8) is 0 Å². The number of ether oxygens (including phenoxy) is 1. The minimum Gasteiger partial charge on any atom is -0.463 e. The second-order valence-electron chi connectivity index (χ2n) is 6.81. The topological polar surface area (TPSA) is 89.2 Å². The number of hydrogen-bond donors (Lipinski definition) is 2. The van der Waals surface area contributed by atoms with Gasteiger partial charge in [0.25, 0.3) is 5.69 Å². The van der Waals surface area contributed by atoms with Crippen LogP contribution in [-0.2, 0) is 9.53 Å². The summed E-state index contributed by atoms with van der Waals surface area (Å²) in [6.07, 6.45) is 0. The van der Waals surface area contributed by atoms with Gasteiger partial charge in [-0.2, -0.15) is 0 Å². The zero-order valence-electron chi connectivity index (χ0n) is 17.4. The lowest BCUT2D eigenvalue weighted by Gasteiger charge is -2.37. The maximum atomic E-state index is 12.8. The number of allylic oxidation sites excluding steroid dienone is 1. The van der Waals surface area contributed by atoms with Crippen molar-refractivity contribution >= 4 is 29.0 Å². The molecule has 1 aliphatic rings. The minimum absolute atomic E-state index is 0.00523. The number of likely N-dealkylation sites (N-methyl/N-ethyl adjacent to an activating group) is 1. The number of hydrogen-bond acceptors (Lipinski definition) is 5. The molecule has 0 unspecified atom stereocenters. The van der Waals surface area contributed by atoms with E-state index in [-0.39, 0.29) is 12.3 Å². The van der Waals surface area contributed by atoms with Crippen LogP contribution in [0.25, 0.3) is 0 Å². The van der Waals surface area contributed by atoms with Gasteiger partial charge < -0.3 is 19.9 Å². The first-order valence-electron chi connectivity index (χ1n) is 9.87. The van der Waals surface area contributed by atoms with Gasteiger partial charge in [0.05, 0.1) is 49.3 Å². The number of carbonyl (C=O) groups is 1. The fraction of sp³-hybridized carbons (Fsp3) is 0.500. The average molecular weight is 422 g/mol. The first-order valence-corrected chi connectivity index (χ1v) is 10.3. The summed E-state index contributed by atoms with van der Waals surface area (Å²) in [5.74, 6) is -0.413. The molecule has 0 fully saturated rings. The number of benzene rings is 1. The van der Waals surface area contributed by atoms with E-state index in [1.165, 1.54) is 17.0 Å². The molecule has 2 N–H and O–H groups in total. The maximum absolute atomic E-state index is 12.8. The number of thiocarbonyl (C=S) groups is 1. The van der Waals surface area contributed by atoms with Gasteiger partial charge in [0.2, 0.25) is 0 Å². The minimum atomic E-state index is -0.514. The SMILES string of the molecule is CCOC(=O)C1=C(C)N(CC[NH+](CC)CC)C(=S)N[C@@H]1c1ccc([N+](=O)[O-])cc1. The molecule has 2 rings (SSSR count). The summed E-state index contributed by atoms with van der Waals surface area (Å²) in [4.78, 5) is 26.6. The van der Waals surface area contributed by atoms with E-state index in [0.29, 0.717) is 17.2 Å². The van der Waals surface area contributed by atoms with Crippen LogP contribution in [0.3, 0.4) is 0 Å². The third-order valence-corrected chi connectivity index (χ3v) is 5.56. The van der Waals surface area contributed by atoms with Crippen molar-refractivity contribution in [2.24, 2.45) is 0 Å². The van der Waals surface area contributed by atoms with Crippen molar-refractivity contribution in [1.82, 2.24) is 10.2 Å². The molecule has 29 heavy (non-hydrogen) atoms. The Morgan fingerprint density at radius 2 is 1.90 bits per heavy atom. The highest BCUT2D eigenvalue weighted by Gasteiger charge is 2.35. The molecule has 9 heteroatoms. The Morgan fingerprint density at radius 1 is 1.28 bits per heavy atom. The quantitative estimate of drug-likeness (QED) is 0.271. The molecule has 1 aromatic carbocycles. The predicted molar refractivity (Wildman–Crippen MR) is 115 cm³/mol. The highest BCUT2D eigenvalue weighted by Crippen LogP contribution is 2.32. The molecule has 158 valence electrons. The van der Waals surface area contributed by atoms with Crippen LogP contribution < -0.4 is 10.2 Å². The Kier molecular flexibility index (Phi) is 8.10. The number of nitrogens with zero attached hydrogens (tertiary/aromatic N) is 2. The number of esters is 1. The number of quaternary nitrogens is 1. The average Bonchev–Trinajstić information content (AvgIpc) is 2.70. The van der Waals surface area contributed by atoms with Crippen molar-refractivity contribution in [3.05, 3.63) is 51.2 Å². The fourth-order valence-corrected chi connectivity index (χ4v) is 3.78. The summed E-state index contributed by atoms with van der Waals surface area (Å²) in [6.45, 7) is 11.8. The molecule has 0 spiro atoms. The Balaban J connectivity index is 2.40. The van der Waals surface area contributed by atoms with Crippen molar-refractivity contribution in [2.45, 2.75) is 33.7 Å². The van der Waals surface area contributed by atoms with Crippen molar-refractivity contribution in [2.75, 3.05) is 32.8 Å². The normalized spacial score (nSPS) is 16.8. The summed E-state index contributed by atoms with van der Waals surface area (Å²) >= 11 is 5.59. The maximum Gasteiger partial charge on any atom is 0.338 e. The molecule has 1 aliphatic heterocycles. The van der Waals surface area contributed by atoms with E-state index in [9.17, 15) is 14.9 Å². The summed E-state index contributed by atoms with van der Waals surface area (Å²) in [6, 6.07) is 5.61. The van der Waals surface area contributed by atoms with Crippen LogP contribution >= 0.6 is 12.2 Å². The summed E-state index contributed by atoms with van der Waals surface area (Å²) in [5.41, 5.74) is 1.94. The van der Waals surface area contributed by atoms with Gasteiger partial charge in [-0.1, -0.05) is 0 Å². The zero-order valence-corrected chi connectivity index (χ0v) is 18.2. The number of non-ortho nitro benzene ring substituents is 1. The van der Waals surface area contributed by atoms with E-state index in [0.717, 1.165) is 30.9 Å². The van der Waals surface area contributed by atoms with Gasteiger partial charge in [-0.05, 0) is 57.6 Å². The molecule has 0 amide bonds. The van der Waals surface area contributed by atoms with Gasteiger partial charge in [-0.25, -0.2) is 4.79 Å².